The number of nitrogens with one attached hydrogen (secondary N) is 1. The summed E-state index contributed by atoms with van der Waals surface area (Å²) in [6.45, 7) is 7.42. The van der Waals surface area contributed by atoms with Gasteiger partial charge in [-0.05, 0) is 33.6 Å². The molecule has 1 fully saturated rings. The van der Waals surface area contributed by atoms with Gasteiger partial charge in [0.05, 0.1) is 0 Å². The summed E-state index contributed by atoms with van der Waals surface area (Å²) in [5, 5.41) is 2.48. The van der Waals surface area contributed by atoms with Gasteiger partial charge in [-0.25, -0.2) is 4.79 Å². The van der Waals surface area contributed by atoms with Crippen LogP contribution in [0.5, 0.6) is 0 Å². The molecule has 0 bridgehead atoms. The zero-order valence-corrected chi connectivity index (χ0v) is 9.46. The molecule has 1 rings (SSSR count). The molecule has 0 spiro atoms. The van der Waals surface area contributed by atoms with Gasteiger partial charge in [0.15, 0.2) is 6.23 Å². The molecule has 0 saturated carbocycles. The minimum Gasteiger partial charge on any atom is -0.430 e. The molecule has 1 aliphatic rings. The van der Waals surface area contributed by atoms with E-state index in [1.54, 1.807) is 7.05 Å². The summed E-state index contributed by atoms with van der Waals surface area (Å²) >= 11 is 0. The minimum atomic E-state index is -0.342. The van der Waals surface area contributed by atoms with Gasteiger partial charge in [0.25, 0.3) is 0 Å². The molecule has 0 radical (unpaired) electrons. The Morgan fingerprint density at radius 1 is 1.50 bits per heavy atom. The van der Waals surface area contributed by atoms with Gasteiger partial charge in [-0.3, -0.25) is 4.90 Å². The molecular weight excluding hydrogens is 180 g/mol. The van der Waals surface area contributed by atoms with Crippen LogP contribution in [-0.2, 0) is 4.74 Å². The van der Waals surface area contributed by atoms with Crippen molar-refractivity contribution in [1.29, 1.82) is 0 Å². The van der Waals surface area contributed by atoms with Gasteiger partial charge in [0.1, 0.15) is 0 Å². The molecular formula is C10H20N2O2. The van der Waals surface area contributed by atoms with Crippen LogP contribution in [0.3, 0.4) is 0 Å². The largest absolute Gasteiger partial charge is 0.430 e. The van der Waals surface area contributed by atoms with Gasteiger partial charge in [-0.1, -0.05) is 0 Å². The number of nitrogens with zero attached hydrogens (tertiary/aromatic N) is 1. The number of ether oxygens (including phenoxy) is 1. The standard InChI is InChI=1S/C10H20N2O2/c1-10(2,3)12-7-5-6-8(12)14-9(13)11-4/h8H,5-7H2,1-4H3,(H,11,13)/t8-/m0/s1. The molecule has 0 aliphatic carbocycles. The lowest BCUT2D eigenvalue weighted by molar-refractivity contribution is -0.0298. The van der Waals surface area contributed by atoms with Crippen molar-refractivity contribution in [2.24, 2.45) is 0 Å². The fourth-order valence-corrected chi connectivity index (χ4v) is 1.81. The van der Waals surface area contributed by atoms with E-state index in [4.69, 9.17) is 4.74 Å². The van der Waals surface area contributed by atoms with Gasteiger partial charge in [0, 0.05) is 19.1 Å². The van der Waals surface area contributed by atoms with Crippen LogP contribution in [0.2, 0.25) is 0 Å². The quantitative estimate of drug-likeness (QED) is 0.698. The van der Waals surface area contributed by atoms with Crippen LogP contribution in [0.25, 0.3) is 0 Å². The van der Waals surface area contributed by atoms with E-state index < -0.39 is 0 Å². The summed E-state index contributed by atoms with van der Waals surface area (Å²) < 4.78 is 5.28. The van der Waals surface area contributed by atoms with Crippen molar-refractivity contribution in [3.05, 3.63) is 0 Å². The highest BCUT2D eigenvalue weighted by Crippen LogP contribution is 2.26. The highest BCUT2D eigenvalue weighted by molar-refractivity contribution is 5.66. The van der Waals surface area contributed by atoms with Crippen molar-refractivity contribution < 1.29 is 9.53 Å². The summed E-state index contributed by atoms with van der Waals surface area (Å²) in [7, 11) is 1.58. The Labute approximate surface area is 85.6 Å². The summed E-state index contributed by atoms with van der Waals surface area (Å²) in [5.74, 6) is 0. The third-order valence-electron chi connectivity index (χ3n) is 2.51. The summed E-state index contributed by atoms with van der Waals surface area (Å²) in [6.07, 6.45) is 1.63. The number of hydrogen-bond acceptors (Lipinski definition) is 3. The van der Waals surface area contributed by atoms with Gasteiger partial charge >= 0.3 is 6.09 Å². The molecule has 1 amide bonds. The van der Waals surface area contributed by atoms with Crippen LogP contribution in [0.1, 0.15) is 33.6 Å². The van der Waals surface area contributed by atoms with E-state index in [1.165, 1.54) is 0 Å². The zero-order chi connectivity index (χ0) is 10.8. The number of likely N-dealkylation sites (tertiary alicyclic amines) is 1. The molecule has 0 aromatic carbocycles. The maximum Gasteiger partial charge on any atom is 0.408 e. The zero-order valence-electron chi connectivity index (χ0n) is 9.46. The highest BCUT2D eigenvalue weighted by atomic mass is 16.6. The first kappa shape index (κ1) is 11.3. The number of rotatable bonds is 1. The van der Waals surface area contributed by atoms with Gasteiger partial charge < -0.3 is 10.1 Å². The smallest absolute Gasteiger partial charge is 0.408 e. The van der Waals surface area contributed by atoms with E-state index in [0.717, 1.165) is 19.4 Å². The molecule has 1 N–H and O–H groups in total. The van der Waals surface area contributed by atoms with Crippen LogP contribution in [0, 0.1) is 0 Å². The molecule has 0 aromatic rings. The molecule has 1 aliphatic heterocycles. The second-order valence-electron chi connectivity index (χ2n) is 4.62. The van der Waals surface area contributed by atoms with Crippen LogP contribution >= 0.6 is 0 Å². The van der Waals surface area contributed by atoms with Crippen molar-refractivity contribution in [2.45, 2.75) is 45.4 Å². The molecule has 1 heterocycles. The van der Waals surface area contributed by atoms with E-state index in [-0.39, 0.29) is 17.9 Å². The fraction of sp³-hybridized carbons (Fsp3) is 0.900. The van der Waals surface area contributed by atoms with Crippen molar-refractivity contribution >= 4 is 6.09 Å². The molecule has 1 atom stereocenters. The van der Waals surface area contributed by atoms with Crippen molar-refractivity contribution in [3.8, 4) is 0 Å². The first-order valence-electron chi connectivity index (χ1n) is 5.10. The summed E-state index contributed by atoms with van der Waals surface area (Å²) in [4.78, 5) is 13.3. The van der Waals surface area contributed by atoms with E-state index in [9.17, 15) is 4.79 Å². The number of carbonyl (C=O) groups excluding carboxylic acids is 1. The van der Waals surface area contributed by atoms with Crippen LogP contribution < -0.4 is 5.32 Å². The van der Waals surface area contributed by atoms with E-state index in [0.29, 0.717) is 0 Å². The third-order valence-corrected chi connectivity index (χ3v) is 2.51. The summed E-state index contributed by atoms with van der Waals surface area (Å²) in [6, 6.07) is 0. The number of hydrogen-bond donors (Lipinski definition) is 1. The SMILES string of the molecule is CNC(=O)O[C@H]1CCCN1C(C)(C)C. The average molecular weight is 200 g/mol. The minimum absolute atomic E-state index is 0.0602. The maximum atomic E-state index is 11.1. The summed E-state index contributed by atoms with van der Waals surface area (Å²) in [5.41, 5.74) is 0.0647. The molecule has 4 heteroatoms. The molecule has 0 unspecified atom stereocenters. The second-order valence-corrected chi connectivity index (χ2v) is 4.62. The topological polar surface area (TPSA) is 41.6 Å². The normalized spacial score (nSPS) is 23.6. The average Bonchev–Trinajstić information content (AvgIpc) is 2.51. The monoisotopic (exact) mass is 200 g/mol. The Morgan fingerprint density at radius 2 is 2.14 bits per heavy atom. The molecule has 1 saturated heterocycles. The van der Waals surface area contributed by atoms with E-state index in [1.807, 2.05) is 0 Å². The molecule has 82 valence electrons. The third kappa shape index (κ3) is 2.61. The molecule has 14 heavy (non-hydrogen) atoms. The van der Waals surface area contributed by atoms with Crippen LogP contribution in [0.4, 0.5) is 4.79 Å². The Bertz CT molecular complexity index is 211. The van der Waals surface area contributed by atoms with Gasteiger partial charge in [0.2, 0.25) is 0 Å². The highest BCUT2D eigenvalue weighted by Gasteiger charge is 2.34. The van der Waals surface area contributed by atoms with E-state index in [2.05, 4.69) is 31.0 Å². The van der Waals surface area contributed by atoms with Crippen LogP contribution in [0.15, 0.2) is 0 Å². The van der Waals surface area contributed by atoms with Crippen LogP contribution in [-0.4, -0.2) is 36.4 Å². The molecule has 0 aromatic heterocycles. The van der Waals surface area contributed by atoms with Crippen molar-refractivity contribution in [1.82, 2.24) is 10.2 Å². The number of amides is 1. The lowest BCUT2D eigenvalue weighted by Crippen LogP contribution is -2.47. The second kappa shape index (κ2) is 4.17. The van der Waals surface area contributed by atoms with Crippen molar-refractivity contribution in [2.75, 3.05) is 13.6 Å². The number of alkyl carbamates (subject to hydrolysis) is 1. The van der Waals surface area contributed by atoms with E-state index >= 15 is 0 Å². The Morgan fingerprint density at radius 3 is 2.64 bits per heavy atom. The van der Waals surface area contributed by atoms with Crippen molar-refractivity contribution in [3.63, 3.8) is 0 Å². The number of carbonyl (C=O) groups is 1. The first-order valence-corrected chi connectivity index (χ1v) is 5.10. The van der Waals surface area contributed by atoms with Gasteiger partial charge in [-0.2, -0.15) is 0 Å². The predicted molar refractivity (Wildman–Crippen MR) is 55.0 cm³/mol. The predicted octanol–water partition coefficient (Wildman–Crippen LogP) is 1.56. The molecule has 4 nitrogen and oxygen atoms in total. The fourth-order valence-electron chi connectivity index (χ4n) is 1.81. The lowest BCUT2D eigenvalue weighted by atomic mass is 10.1. The lowest BCUT2D eigenvalue weighted by Gasteiger charge is -2.35. The Hall–Kier alpha value is -0.770. The Kier molecular flexibility index (Phi) is 3.37. The first-order chi connectivity index (χ1) is 6.45. The Balaban J connectivity index is 2.56. The maximum absolute atomic E-state index is 11.1. The van der Waals surface area contributed by atoms with Gasteiger partial charge in [-0.15, -0.1) is 0 Å².